The minimum Gasteiger partial charge on any atom is -0.312 e. The molecular formula is C15H30N2. The van der Waals surface area contributed by atoms with Crippen molar-refractivity contribution < 1.29 is 0 Å². The first-order valence-corrected chi connectivity index (χ1v) is 7.38. The smallest absolute Gasteiger partial charge is 0.0274 e. The van der Waals surface area contributed by atoms with E-state index in [1.807, 2.05) is 0 Å². The summed E-state index contributed by atoms with van der Waals surface area (Å²) in [5, 5.41) is 3.76. The summed E-state index contributed by atoms with van der Waals surface area (Å²) in [7, 11) is 0. The van der Waals surface area contributed by atoms with Crippen LogP contribution in [-0.4, -0.2) is 35.6 Å². The molecule has 0 spiro atoms. The van der Waals surface area contributed by atoms with Crippen molar-refractivity contribution in [2.24, 2.45) is 5.41 Å². The molecule has 2 nitrogen and oxygen atoms in total. The molecule has 2 aliphatic rings. The lowest BCUT2D eigenvalue weighted by atomic mass is 9.85. The summed E-state index contributed by atoms with van der Waals surface area (Å²) in [4.78, 5) is 2.79. The van der Waals surface area contributed by atoms with E-state index in [1.165, 1.54) is 32.2 Å². The molecule has 1 aliphatic carbocycles. The van der Waals surface area contributed by atoms with Crippen molar-refractivity contribution in [3.8, 4) is 0 Å². The van der Waals surface area contributed by atoms with Crippen LogP contribution in [0.3, 0.4) is 0 Å². The molecule has 2 atom stereocenters. The van der Waals surface area contributed by atoms with Crippen molar-refractivity contribution in [3.05, 3.63) is 0 Å². The van der Waals surface area contributed by atoms with Gasteiger partial charge in [0.05, 0.1) is 0 Å². The molecule has 0 aromatic rings. The molecule has 1 saturated heterocycles. The van der Waals surface area contributed by atoms with Crippen molar-refractivity contribution in [1.29, 1.82) is 0 Å². The Labute approximate surface area is 107 Å². The van der Waals surface area contributed by atoms with Gasteiger partial charge in [0.1, 0.15) is 0 Å². The van der Waals surface area contributed by atoms with Gasteiger partial charge in [0.15, 0.2) is 0 Å². The molecule has 1 aliphatic heterocycles. The summed E-state index contributed by atoms with van der Waals surface area (Å²) in [6.07, 6.45) is 5.47. The van der Waals surface area contributed by atoms with E-state index in [4.69, 9.17) is 0 Å². The van der Waals surface area contributed by atoms with Gasteiger partial charge in [0.2, 0.25) is 0 Å². The molecule has 2 unspecified atom stereocenters. The Morgan fingerprint density at radius 3 is 2.41 bits per heavy atom. The second-order valence-electron chi connectivity index (χ2n) is 7.24. The summed E-state index contributed by atoms with van der Waals surface area (Å²) in [6, 6.07) is 1.42. The van der Waals surface area contributed by atoms with Crippen molar-refractivity contribution in [2.45, 2.75) is 77.9 Å². The molecule has 0 aromatic carbocycles. The molecule has 0 aromatic heterocycles. The fraction of sp³-hybridized carbons (Fsp3) is 1.00. The van der Waals surface area contributed by atoms with E-state index in [9.17, 15) is 0 Å². The Kier molecular flexibility index (Phi) is 3.57. The van der Waals surface area contributed by atoms with E-state index in [0.717, 1.165) is 12.6 Å². The summed E-state index contributed by atoms with van der Waals surface area (Å²) >= 11 is 0. The first kappa shape index (κ1) is 13.4. The standard InChI is InChI=1S/C15H30N2/c1-6-16-13-12(8-10-14(13,2)3)17-11-7-9-15(17,4)5/h12-13,16H,6-11H2,1-5H3. The minimum absolute atomic E-state index is 0.415. The molecule has 0 bridgehead atoms. The zero-order valence-corrected chi connectivity index (χ0v) is 12.3. The largest absolute Gasteiger partial charge is 0.312 e. The lowest BCUT2D eigenvalue weighted by Crippen LogP contribution is -2.55. The van der Waals surface area contributed by atoms with Crippen LogP contribution < -0.4 is 5.32 Å². The molecule has 0 radical (unpaired) electrons. The van der Waals surface area contributed by atoms with E-state index >= 15 is 0 Å². The quantitative estimate of drug-likeness (QED) is 0.813. The molecule has 1 heterocycles. The Morgan fingerprint density at radius 1 is 1.18 bits per heavy atom. The maximum Gasteiger partial charge on any atom is 0.0274 e. The predicted molar refractivity (Wildman–Crippen MR) is 74.3 cm³/mol. The topological polar surface area (TPSA) is 15.3 Å². The summed E-state index contributed by atoms with van der Waals surface area (Å²) in [5.74, 6) is 0. The highest BCUT2D eigenvalue weighted by Crippen LogP contribution is 2.44. The van der Waals surface area contributed by atoms with Gasteiger partial charge in [-0.3, -0.25) is 4.90 Å². The first-order chi connectivity index (χ1) is 7.88. The SMILES string of the molecule is CCNC1C(N2CCCC2(C)C)CCC1(C)C. The van der Waals surface area contributed by atoms with Gasteiger partial charge in [0, 0.05) is 17.6 Å². The van der Waals surface area contributed by atoms with Crippen molar-refractivity contribution in [1.82, 2.24) is 10.2 Å². The van der Waals surface area contributed by atoms with E-state index in [1.54, 1.807) is 0 Å². The fourth-order valence-electron chi connectivity index (χ4n) is 4.07. The third kappa shape index (κ3) is 2.39. The Balaban J connectivity index is 2.15. The van der Waals surface area contributed by atoms with Crippen LogP contribution in [0.4, 0.5) is 0 Å². The lowest BCUT2D eigenvalue weighted by molar-refractivity contribution is 0.0859. The minimum atomic E-state index is 0.415. The lowest BCUT2D eigenvalue weighted by Gasteiger charge is -2.42. The number of nitrogens with one attached hydrogen (secondary N) is 1. The molecule has 1 N–H and O–H groups in total. The normalized spacial score (nSPS) is 36.5. The molecule has 1 saturated carbocycles. The second-order valence-corrected chi connectivity index (χ2v) is 7.24. The molecule has 2 fully saturated rings. The average molecular weight is 238 g/mol. The number of hydrogen-bond donors (Lipinski definition) is 1. The number of nitrogens with zero attached hydrogens (tertiary/aromatic N) is 1. The van der Waals surface area contributed by atoms with Crippen LogP contribution in [0.2, 0.25) is 0 Å². The van der Waals surface area contributed by atoms with Gasteiger partial charge in [-0.15, -0.1) is 0 Å². The second kappa shape index (κ2) is 4.55. The van der Waals surface area contributed by atoms with Crippen LogP contribution in [-0.2, 0) is 0 Å². The zero-order chi connectivity index (χ0) is 12.7. The highest BCUT2D eigenvalue weighted by molar-refractivity contribution is 5.05. The molecule has 2 rings (SSSR count). The first-order valence-electron chi connectivity index (χ1n) is 7.38. The van der Waals surface area contributed by atoms with E-state index in [0.29, 0.717) is 17.0 Å². The van der Waals surface area contributed by atoms with E-state index in [-0.39, 0.29) is 0 Å². The monoisotopic (exact) mass is 238 g/mol. The fourth-order valence-corrected chi connectivity index (χ4v) is 4.07. The highest BCUT2D eigenvalue weighted by Gasteiger charge is 2.48. The summed E-state index contributed by atoms with van der Waals surface area (Å²) < 4.78 is 0. The van der Waals surface area contributed by atoms with E-state index < -0.39 is 0 Å². The van der Waals surface area contributed by atoms with Crippen molar-refractivity contribution in [2.75, 3.05) is 13.1 Å². The third-order valence-electron chi connectivity index (χ3n) is 5.10. The molecule has 0 amide bonds. The van der Waals surface area contributed by atoms with Crippen molar-refractivity contribution in [3.63, 3.8) is 0 Å². The van der Waals surface area contributed by atoms with Gasteiger partial charge < -0.3 is 5.32 Å². The van der Waals surface area contributed by atoms with Crippen LogP contribution in [0.5, 0.6) is 0 Å². The van der Waals surface area contributed by atoms with Gasteiger partial charge in [-0.1, -0.05) is 20.8 Å². The van der Waals surface area contributed by atoms with Crippen LogP contribution in [0.25, 0.3) is 0 Å². The summed E-state index contributed by atoms with van der Waals surface area (Å²) in [5.41, 5.74) is 0.873. The van der Waals surface area contributed by atoms with Gasteiger partial charge in [0.25, 0.3) is 0 Å². The molecule has 17 heavy (non-hydrogen) atoms. The zero-order valence-electron chi connectivity index (χ0n) is 12.3. The average Bonchev–Trinajstić information content (AvgIpc) is 2.69. The van der Waals surface area contributed by atoms with Crippen LogP contribution in [0.15, 0.2) is 0 Å². The van der Waals surface area contributed by atoms with Crippen LogP contribution in [0.1, 0.15) is 60.3 Å². The number of likely N-dealkylation sites (tertiary alicyclic amines) is 1. The van der Waals surface area contributed by atoms with Gasteiger partial charge >= 0.3 is 0 Å². The molecule has 2 heteroatoms. The Hall–Kier alpha value is -0.0800. The predicted octanol–water partition coefficient (Wildman–Crippen LogP) is 3.03. The molecule has 100 valence electrons. The summed E-state index contributed by atoms with van der Waals surface area (Å²) in [6.45, 7) is 14.4. The van der Waals surface area contributed by atoms with Crippen LogP contribution >= 0.6 is 0 Å². The maximum atomic E-state index is 3.76. The van der Waals surface area contributed by atoms with E-state index in [2.05, 4.69) is 44.8 Å². The maximum absolute atomic E-state index is 3.76. The van der Waals surface area contributed by atoms with Crippen LogP contribution in [0, 0.1) is 5.41 Å². The Morgan fingerprint density at radius 2 is 1.88 bits per heavy atom. The Bertz CT molecular complexity index is 270. The van der Waals surface area contributed by atoms with Crippen molar-refractivity contribution >= 4 is 0 Å². The highest BCUT2D eigenvalue weighted by atomic mass is 15.3. The van der Waals surface area contributed by atoms with Gasteiger partial charge in [-0.25, -0.2) is 0 Å². The third-order valence-corrected chi connectivity index (χ3v) is 5.10. The number of rotatable bonds is 3. The molecular weight excluding hydrogens is 208 g/mol. The van der Waals surface area contributed by atoms with Gasteiger partial charge in [-0.2, -0.15) is 0 Å². The number of hydrogen-bond acceptors (Lipinski definition) is 2. The van der Waals surface area contributed by atoms with Gasteiger partial charge in [-0.05, 0) is 58.0 Å². The number of likely N-dealkylation sites (N-methyl/N-ethyl adjacent to an activating group) is 1.